The minimum Gasteiger partial charge on any atom is -0.497 e. The van der Waals surface area contributed by atoms with Gasteiger partial charge in [-0.15, -0.1) is 23.1 Å². The zero-order chi connectivity index (χ0) is 27.6. The number of likely N-dealkylation sites (N-methyl/N-ethyl adjacent to an activating group) is 1. The molecule has 0 spiro atoms. The van der Waals surface area contributed by atoms with Crippen LogP contribution in [-0.2, 0) is 0 Å². The van der Waals surface area contributed by atoms with Gasteiger partial charge in [-0.2, -0.15) is 5.26 Å². The van der Waals surface area contributed by atoms with Crippen LogP contribution in [0.2, 0.25) is 0 Å². The highest BCUT2D eigenvalue weighted by Crippen LogP contribution is 2.46. The van der Waals surface area contributed by atoms with Crippen molar-refractivity contribution in [2.75, 3.05) is 52.0 Å². The molecule has 4 aromatic rings. The normalized spacial score (nSPS) is 10.9. The molecule has 0 bridgehead atoms. The molecule has 8 nitrogen and oxygen atoms in total. The molecule has 0 amide bonds. The Kier molecular flexibility index (Phi) is 10.2. The molecular formula is C29H31N5O3S2. The average Bonchev–Trinajstić information content (AvgIpc) is 3.35. The average molecular weight is 562 g/mol. The van der Waals surface area contributed by atoms with E-state index in [-0.39, 0.29) is 6.61 Å². The van der Waals surface area contributed by atoms with Crippen molar-refractivity contribution < 1.29 is 14.6 Å². The lowest BCUT2D eigenvalue weighted by molar-refractivity contribution is 0.207. The number of hydrogen-bond acceptors (Lipinski definition) is 10. The van der Waals surface area contributed by atoms with E-state index in [1.54, 1.807) is 36.4 Å². The number of thiophene rings is 1. The molecule has 0 unspecified atom stereocenters. The first-order valence-corrected chi connectivity index (χ1v) is 14.5. The van der Waals surface area contributed by atoms with Crippen molar-refractivity contribution in [1.82, 2.24) is 14.9 Å². The first-order chi connectivity index (χ1) is 19.1. The van der Waals surface area contributed by atoms with Crippen LogP contribution in [0.4, 0.5) is 11.6 Å². The topological polar surface area (TPSA) is 104 Å². The van der Waals surface area contributed by atoms with Gasteiger partial charge in [-0.05, 0) is 55.6 Å². The molecule has 2 aromatic heterocycles. The number of methoxy groups -OCH3 is 1. The maximum atomic E-state index is 10.0. The van der Waals surface area contributed by atoms with Crippen molar-refractivity contribution in [3.8, 4) is 39.3 Å². The Morgan fingerprint density at radius 1 is 1.13 bits per heavy atom. The molecule has 0 aliphatic rings. The molecule has 10 heteroatoms. The molecule has 0 aliphatic heterocycles. The van der Waals surface area contributed by atoms with Crippen molar-refractivity contribution in [2.24, 2.45) is 0 Å². The second kappa shape index (κ2) is 14.0. The molecule has 202 valence electrons. The minimum atomic E-state index is 0.154. The number of aliphatic hydroxyl groups is 1. The second-order valence-corrected chi connectivity index (χ2v) is 10.8. The van der Waals surface area contributed by atoms with E-state index in [0.29, 0.717) is 24.7 Å². The summed E-state index contributed by atoms with van der Waals surface area (Å²) in [5.74, 6) is 1.93. The van der Waals surface area contributed by atoms with Gasteiger partial charge in [0.2, 0.25) is 5.95 Å². The molecule has 0 saturated carbocycles. The molecule has 0 radical (unpaired) electrons. The van der Waals surface area contributed by atoms with Gasteiger partial charge in [0.25, 0.3) is 0 Å². The summed E-state index contributed by atoms with van der Waals surface area (Å²) >= 11 is 3.10. The number of rotatable bonds is 13. The number of nitrogens with one attached hydrogen (secondary N) is 1. The van der Waals surface area contributed by atoms with Crippen molar-refractivity contribution in [3.63, 3.8) is 0 Å². The summed E-state index contributed by atoms with van der Waals surface area (Å²) in [6.45, 7) is 2.24. The summed E-state index contributed by atoms with van der Waals surface area (Å²) in [6, 6.07) is 19.7. The highest BCUT2D eigenvalue weighted by atomic mass is 32.2. The fourth-order valence-electron chi connectivity index (χ4n) is 4.04. The van der Waals surface area contributed by atoms with Crippen molar-refractivity contribution in [2.45, 2.75) is 10.6 Å². The summed E-state index contributed by atoms with van der Waals surface area (Å²) in [5, 5.41) is 22.3. The minimum absolute atomic E-state index is 0.154. The van der Waals surface area contributed by atoms with Crippen LogP contribution >= 0.6 is 23.1 Å². The van der Waals surface area contributed by atoms with Gasteiger partial charge in [0.15, 0.2) is 0 Å². The third-order valence-corrected chi connectivity index (χ3v) is 8.28. The molecule has 2 heterocycles. The van der Waals surface area contributed by atoms with Gasteiger partial charge < -0.3 is 24.8 Å². The standard InChI is InChI=1S/C29H31N5O3S2/c1-34(14-15-35)13-6-16-37-23-10-5-8-21(18-23)32-29-31-12-11-25(33-29)27-26(24(19-30)28(38-3)39-27)20-7-4-9-22(17-20)36-2/h4-5,7-12,17-18,35H,6,13-16H2,1-3H3,(H,31,32,33). The first-order valence-electron chi connectivity index (χ1n) is 12.4. The van der Waals surface area contributed by atoms with Gasteiger partial charge in [0.05, 0.1) is 40.7 Å². The van der Waals surface area contributed by atoms with Crippen LogP contribution in [0.5, 0.6) is 11.5 Å². The Morgan fingerprint density at radius 2 is 1.95 bits per heavy atom. The van der Waals surface area contributed by atoms with E-state index in [9.17, 15) is 5.26 Å². The molecule has 2 aromatic carbocycles. The van der Waals surface area contributed by atoms with Crippen LogP contribution in [0.1, 0.15) is 12.0 Å². The lowest BCUT2D eigenvalue weighted by Gasteiger charge is -2.15. The Bertz CT molecular complexity index is 1440. The van der Waals surface area contributed by atoms with E-state index in [1.807, 2.05) is 67.9 Å². The zero-order valence-corrected chi connectivity index (χ0v) is 23.8. The molecule has 4 rings (SSSR count). The summed E-state index contributed by atoms with van der Waals surface area (Å²) in [7, 11) is 3.61. The summed E-state index contributed by atoms with van der Waals surface area (Å²) in [6.07, 6.45) is 4.55. The lowest BCUT2D eigenvalue weighted by atomic mass is 10.0. The van der Waals surface area contributed by atoms with Crippen LogP contribution in [0.25, 0.3) is 21.7 Å². The number of ether oxygens (including phenoxy) is 2. The molecule has 0 atom stereocenters. The summed E-state index contributed by atoms with van der Waals surface area (Å²) < 4.78 is 12.3. The monoisotopic (exact) mass is 561 g/mol. The Morgan fingerprint density at radius 3 is 2.72 bits per heavy atom. The predicted octanol–water partition coefficient (Wildman–Crippen LogP) is 5.91. The lowest BCUT2D eigenvalue weighted by Crippen LogP contribution is -2.24. The third kappa shape index (κ3) is 7.28. The number of anilines is 2. The molecule has 39 heavy (non-hydrogen) atoms. The van der Waals surface area contributed by atoms with Crippen LogP contribution in [0.15, 0.2) is 65.0 Å². The van der Waals surface area contributed by atoms with Crippen LogP contribution in [0.3, 0.4) is 0 Å². The van der Waals surface area contributed by atoms with E-state index in [0.717, 1.165) is 56.1 Å². The highest BCUT2D eigenvalue weighted by Gasteiger charge is 2.22. The third-order valence-electron chi connectivity index (χ3n) is 5.94. The van der Waals surface area contributed by atoms with E-state index in [4.69, 9.17) is 19.6 Å². The highest BCUT2D eigenvalue weighted by molar-refractivity contribution is 8.00. The quantitative estimate of drug-likeness (QED) is 0.152. The molecule has 0 saturated heterocycles. The molecule has 2 N–H and O–H groups in total. The smallest absolute Gasteiger partial charge is 0.227 e. The number of aliphatic hydroxyl groups excluding tert-OH is 1. The molecular weight excluding hydrogens is 530 g/mol. The fraction of sp³-hybridized carbons (Fsp3) is 0.276. The number of benzene rings is 2. The van der Waals surface area contributed by atoms with Crippen molar-refractivity contribution in [3.05, 3.63) is 66.4 Å². The Balaban J connectivity index is 1.56. The van der Waals surface area contributed by atoms with Crippen molar-refractivity contribution >= 4 is 34.7 Å². The largest absolute Gasteiger partial charge is 0.497 e. The van der Waals surface area contributed by atoms with Gasteiger partial charge in [-0.1, -0.05) is 18.2 Å². The van der Waals surface area contributed by atoms with Gasteiger partial charge in [0.1, 0.15) is 17.6 Å². The number of thioether (sulfide) groups is 1. The summed E-state index contributed by atoms with van der Waals surface area (Å²) in [5.41, 5.74) is 3.92. The first kappa shape index (κ1) is 28.4. The van der Waals surface area contributed by atoms with Gasteiger partial charge >= 0.3 is 0 Å². The Hall–Kier alpha value is -3.62. The SMILES string of the molecule is COc1cccc(-c2c(-c3ccnc(Nc4cccc(OCCCN(C)CCO)c4)n3)sc(SC)c2C#N)c1. The molecule has 0 aliphatic carbocycles. The number of nitriles is 1. The Labute approximate surface area is 237 Å². The summed E-state index contributed by atoms with van der Waals surface area (Å²) in [4.78, 5) is 12.2. The molecule has 0 fully saturated rings. The van der Waals surface area contributed by atoms with Gasteiger partial charge in [-0.3, -0.25) is 0 Å². The maximum Gasteiger partial charge on any atom is 0.227 e. The number of hydrogen-bond donors (Lipinski definition) is 2. The van der Waals surface area contributed by atoms with Crippen molar-refractivity contribution in [1.29, 1.82) is 5.26 Å². The van der Waals surface area contributed by atoms with Gasteiger partial charge in [-0.25, -0.2) is 9.97 Å². The predicted molar refractivity (Wildman–Crippen MR) is 158 cm³/mol. The van der Waals surface area contributed by atoms with E-state index >= 15 is 0 Å². The van der Waals surface area contributed by atoms with Gasteiger partial charge in [0, 0.05) is 36.6 Å². The van der Waals surface area contributed by atoms with Crippen LogP contribution < -0.4 is 14.8 Å². The number of aromatic nitrogens is 2. The number of nitrogens with zero attached hydrogens (tertiary/aromatic N) is 4. The van der Waals surface area contributed by atoms with Crippen LogP contribution in [0, 0.1) is 11.3 Å². The van der Waals surface area contributed by atoms with E-state index in [1.165, 1.54) is 0 Å². The fourth-order valence-corrected chi connectivity index (χ4v) is 5.95. The maximum absolute atomic E-state index is 10.0. The second-order valence-electron chi connectivity index (χ2n) is 8.66. The van der Waals surface area contributed by atoms with Crippen LogP contribution in [-0.4, -0.2) is 66.7 Å². The zero-order valence-electron chi connectivity index (χ0n) is 22.2. The van der Waals surface area contributed by atoms with E-state index < -0.39 is 0 Å². The van der Waals surface area contributed by atoms with E-state index in [2.05, 4.69) is 21.3 Å².